The Labute approximate surface area is 221 Å². The van der Waals surface area contributed by atoms with E-state index in [0.717, 1.165) is 50.8 Å². The summed E-state index contributed by atoms with van der Waals surface area (Å²) < 4.78 is 10.6. The maximum atomic E-state index is 11.8. The number of carboxylic acids is 1. The zero-order valence-electron chi connectivity index (χ0n) is 21.1. The maximum absolute atomic E-state index is 11.8. The van der Waals surface area contributed by atoms with Gasteiger partial charge < -0.3 is 35.0 Å². The summed E-state index contributed by atoms with van der Waals surface area (Å²) in [5.74, 6) is -1.44. The summed E-state index contributed by atoms with van der Waals surface area (Å²) in [6.45, 7) is 7.48. The topological polar surface area (TPSA) is 120 Å². The predicted molar refractivity (Wildman–Crippen MR) is 145 cm³/mol. The molecular weight excluding hydrogens is 500 g/mol. The average Bonchev–Trinajstić information content (AvgIpc) is 2.93. The number of ketones is 1. The van der Waals surface area contributed by atoms with Crippen LogP contribution in [0.3, 0.4) is 0 Å². The number of carbonyl (C=O) groups excluding carboxylic acids is 2. The Morgan fingerprint density at radius 1 is 0.865 bits per heavy atom. The lowest BCUT2D eigenvalue weighted by atomic mass is 10.1. The fourth-order valence-corrected chi connectivity index (χ4v) is 4.25. The van der Waals surface area contributed by atoms with Gasteiger partial charge in [-0.25, -0.2) is 4.79 Å². The number of anilines is 4. The second-order valence-corrected chi connectivity index (χ2v) is 8.72. The highest BCUT2D eigenvalue weighted by molar-refractivity contribution is 6.31. The first-order valence-corrected chi connectivity index (χ1v) is 12.6. The van der Waals surface area contributed by atoms with E-state index in [1.165, 1.54) is 6.92 Å². The molecule has 0 aromatic heterocycles. The van der Waals surface area contributed by atoms with Crippen molar-refractivity contribution in [1.29, 1.82) is 0 Å². The van der Waals surface area contributed by atoms with Gasteiger partial charge in [-0.2, -0.15) is 0 Å². The molecule has 37 heavy (non-hydrogen) atoms. The fourth-order valence-electron chi connectivity index (χ4n) is 4.10. The zero-order valence-corrected chi connectivity index (χ0v) is 21.8. The van der Waals surface area contributed by atoms with Gasteiger partial charge >= 0.3 is 5.97 Å². The minimum atomic E-state index is -0.914. The molecule has 0 atom stereocenters. The van der Waals surface area contributed by atoms with Crippen LogP contribution in [0.5, 0.6) is 0 Å². The van der Waals surface area contributed by atoms with Gasteiger partial charge in [-0.15, -0.1) is 11.6 Å². The van der Waals surface area contributed by atoms with Crippen molar-refractivity contribution in [2.75, 3.05) is 86.0 Å². The minimum absolute atomic E-state index is 0.108. The molecule has 0 spiro atoms. The molecule has 200 valence electrons. The highest BCUT2D eigenvalue weighted by Gasteiger charge is 2.17. The highest BCUT2D eigenvalue weighted by Crippen LogP contribution is 2.26. The van der Waals surface area contributed by atoms with E-state index in [1.807, 2.05) is 24.3 Å². The first-order valence-electron chi connectivity index (χ1n) is 12.0. The molecule has 2 aliphatic heterocycles. The molecule has 3 N–H and O–H groups in total. The van der Waals surface area contributed by atoms with Gasteiger partial charge in [-0.05, 0) is 36.4 Å². The summed E-state index contributed by atoms with van der Waals surface area (Å²) in [6.07, 6.45) is 0. The fraction of sp³-hybridized carbons (Fsp3) is 0.423. The SMILES string of the molecule is CC(=O)Nc1cc(N2CCOCC2)ccc1C(=O)CCl.CNc1cc(N2CCOCC2)ccc1C(=O)O. The first kappa shape index (κ1) is 28.2. The van der Waals surface area contributed by atoms with E-state index < -0.39 is 5.97 Å². The number of hydrogen-bond acceptors (Lipinski definition) is 8. The van der Waals surface area contributed by atoms with Crippen molar-refractivity contribution in [2.45, 2.75) is 6.92 Å². The van der Waals surface area contributed by atoms with Gasteiger partial charge in [0.15, 0.2) is 5.78 Å². The third kappa shape index (κ3) is 7.82. The zero-order chi connectivity index (χ0) is 26.8. The van der Waals surface area contributed by atoms with E-state index >= 15 is 0 Å². The van der Waals surface area contributed by atoms with E-state index in [-0.39, 0.29) is 17.6 Å². The van der Waals surface area contributed by atoms with Gasteiger partial charge in [-0.3, -0.25) is 9.59 Å². The van der Waals surface area contributed by atoms with Crippen molar-refractivity contribution in [3.05, 3.63) is 47.5 Å². The van der Waals surface area contributed by atoms with Crippen LogP contribution < -0.4 is 20.4 Å². The van der Waals surface area contributed by atoms with E-state index in [1.54, 1.807) is 19.2 Å². The third-order valence-corrected chi connectivity index (χ3v) is 6.23. The number of Topliss-reactive ketones (excluding diaryl/α,β-unsaturated/α-hetero) is 1. The quantitative estimate of drug-likeness (QED) is 0.364. The Morgan fingerprint density at radius 2 is 1.35 bits per heavy atom. The van der Waals surface area contributed by atoms with Crippen LogP contribution in [0.1, 0.15) is 27.6 Å². The number of halogens is 1. The van der Waals surface area contributed by atoms with Crippen LogP contribution in [0, 0.1) is 0 Å². The van der Waals surface area contributed by atoms with Gasteiger partial charge in [0.05, 0.1) is 49.2 Å². The number of carboxylic acid groups (broad SMARTS) is 1. The van der Waals surface area contributed by atoms with Gasteiger partial charge in [0.25, 0.3) is 0 Å². The number of hydrogen-bond donors (Lipinski definition) is 3. The molecule has 2 fully saturated rings. The smallest absolute Gasteiger partial charge is 0.337 e. The lowest BCUT2D eigenvalue weighted by Crippen LogP contribution is -2.36. The van der Waals surface area contributed by atoms with Crippen LogP contribution >= 0.6 is 11.6 Å². The van der Waals surface area contributed by atoms with Crippen LogP contribution in [0.15, 0.2) is 36.4 Å². The molecule has 2 aromatic rings. The molecule has 11 heteroatoms. The Morgan fingerprint density at radius 3 is 1.78 bits per heavy atom. The van der Waals surface area contributed by atoms with Crippen molar-refractivity contribution >= 4 is 52.0 Å². The largest absolute Gasteiger partial charge is 0.478 e. The number of morpholine rings is 2. The summed E-state index contributed by atoms with van der Waals surface area (Å²) in [5, 5.41) is 14.6. The highest BCUT2D eigenvalue weighted by atomic mass is 35.5. The Kier molecular flexibility index (Phi) is 10.6. The monoisotopic (exact) mass is 532 g/mol. The van der Waals surface area contributed by atoms with Crippen molar-refractivity contribution in [1.82, 2.24) is 0 Å². The molecule has 2 heterocycles. The molecule has 0 radical (unpaired) electrons. The summed E-state index contributed by atoms with van der Waals surface area (Å²) in [5.41, 5.74) is 3.87. The number of benzene rings is 2. The molecule has 2 saturated heterocycles. The van der Waals surface area contributed by atoms with Crippen LogP contribution in [-0.4, -0.2) is 88.3 Å². The van der Waals surface area contributed by atoms with Crippen LogP contribution in [0.25, 0.3) is 0 Å². The molecular formula is C26H33ClN4O6. The second kappa shape index (κ2) is 13.8. The van der Waals surface area contributed by atoms with Gasteiger partial charge in [0, 0.05) is 57.1 Å². The second-order valence-electron chi connectivity index (χ2n) is 8.45. The molecule has 4 rings (SSSR count). The van der Waals surface area contributed by atoms with E-state index in [2.05, 4.69) is 20.4 Å². The molecule has 2 aliphatic rings. The third-order valence-electron chi connectivity index (χ3n) is 5.99. The minimum Gasteiger partial charge on any atom is -0.478 e. The van der Waals surface area contributed by atoms with Crippen LogP contribution in [-0.2, 0) is 14.3 Å². The van der Waals surface area contributed by atoms with Crippen molar-refractivity contribution in [3.8, 4) is 0 Å². The number of nitrogens with zero attached hydrogens (tertiary/aromatic N) is 2. The molecule has 0 aliphatic carbocycles. The van der Waals surface area contributed by atoms with E-state index in [0.29, 0.717) is 35.7 Å². The number of ether oxygens (including phenoxy) is 2. The predicted octanol–water partition coefficient (Wildman–Crippen LogP) is 3.17. The standard InChI is InChI=1S/C14H17ClN2O3.C12H16N2O3/c1-10(18)16-13-8-11(17-4-6-20-7-5-17)2-3-12(13)14(19)9-15;1-13-11-8-9(2-3-10(11)12(15)16)14-4-6-17-7-5-14/h2-3,8H,4-7,9H2,1H3,(H,16,18);2-3,8,13H,4-7H2,1H3,(H,15,16). The molecule has 0 bridgehead atoms. The number of nitrogens with one attached hydrogen (secondary N) is 2. The maximum Gasteiger partial charge on any atom is 0.337 e. The number of aromatic carboxylic acids is 1. The lowest BCUT2D eigenvalue weighted by Gasteiger charge is -2.29. The summed E-state index contributed by atoms with van der Waals surface area (Å²) >= 11 is 5.59. The van der Waals surface area contributed by atoms with Crippen LogP contribution in [0.2, 0.25) is 0 Å². The number of rotatable bonds is 7. The Hall–Kier alpha value is -3.34. The summed E-state index contributed by atoms with van der Waals surface area (Å²) in [7, 11) is 1.73. The Bertz CT molecular complexity index is 1100. The molecule has 1 amide bonds. The molecule has 0 saturated carbocycles. The van der Waals surface area contributed by atoms with E-state index in [9.17, 15) is 14.4 Å². The Balaban J connectivity index is 0.000000208. The van der Waals surface area contributed by atoms with Gasteiger partial charge in [-0.1, -0.05) is 0 Å². The molecule has 2 aromatic carbocycles. The van der Waals surface area contributed by atoms with E-state index in [4.69, 9.17) is 26.2 Å². The lowest BCUT2D eigenvalue weighted by molar-refractivity contribution is -0.114. The summed E-state index contributed by atoms with van der Waals surface area (Å²) in [6, 6.07) is 10.7. The number of carbonyl (C=O) groups is 3. The average molecular weight is 533 g/mol. The van der Waals surface area contributed by atoms with Crippen LogP contribution in [0.4, 0.5) is 22.7 Å². The molecule has 10 nitrogen and oxygen atoms in total. The van der Waals surface area contributed by atoms with Crippen molar-refractivity contribution in [3.63, 3.8) is 0 Å². The van der Waals surface area contributed by atoms with Crippen molar-refractivity contribution in [2.24, 2.45) is 0 Å². The normalized spacial score (nSPS) is 15.3. The summed E-state index contributed by atoms with van der Waals surface area (Å²) in [4.78, 5) is 38.4. The molecule has 0 unspecified atom stereocenters. The van der Waals surface area contributed by atoms with Crippen molar-refractivity contribution < 1.29 is 29.0 Å². The first-order chi connectivity index (χ1) is 17.8. The number of alkyl halides is 1. The number of amides is 1. The van der Waals surface area contributed by atoms with Gasteiger partial charge in [0.2, 0.25) is 5.91 Å². The van der Waals surface area contributed by atoms with Gasteiger partial charge in [0.1, 0.15) is 0 Å².